The van der Waals surface area contributed by atoms with Crippen LogP contribution in [0.15, 0.2) is 78.9 Å². The molecular formula is C23H23FN3O2+. The van der Waals surface area contributed by atoms with E-state index in [2.05, 4.69) is 10.6 Å². The number of carbonyl (C=O) groups excluding carboxylic acids is 2. The number of quaternary nitrogens is 1. The second-order valence-electron chi connectivity index (χ2n) is 6.82. The van der Waals surface area contributed by atoms with E-state index in [9.17, 15) is 14.0 Å². The number of hydrogen-bond acceptors (Lipinski definition) is 2. The zero-order chi connectivity index (χ0) is 20.6. The summed E-state index contributed by atoms with van der Waals surface area (Å²) in [5, 5.41) is 5.61. The van der Waals surface area contributed by atoms with E-state index < -0.39 is 0 Å². The van der Waals surface area contributed by atoms with E-state index in [4.69, 9.17) is 0 Å². The van der Waals surface area contributed by atoms with Crippen LogP contribution in [0, 0.1) is 5.82 Å². The molecule has 0 heterocycles. The molecule has 2 amide bonds. The van der Waals surface area contributed by atoms with Gasteiger partial charge in [-0.2, -0.15) is 0 Å². The van der Waals surface area contributed by atoms with E-state index in [-0.39, 0.29) is 24.2 Å². The number of nitrogens with one attached hydrogen (secondary N) is 3. The number of amides is 2. The maximum atomic E-state index is 13.8. The molecule has 0 saturated heterocycles. The second kappa shape index (κ2) is 9.61. The third-order valence-electron chi connectivity index (χ3n) is 4.39. The van der Waals surface area contributed by atoms with Crippen molar-refractivity contribution < 1.29 is 18.9 Å². The van der Waals surface area contributed by atoms with Crippen LogP contribution in [0.25, 0.3) is 0 Å². The molecule has 0 aliphatic heterocycles. The van der Waals surface area contributed by atoms with Crippen molar-refractivity contribution in [3.8, 4) is 0 Å². The van der Waals surface area contributed by atoms with Gasteiger partial charge in [0.05, 0.1) is 18.3 Å². The number of likely N-dealkylation sites (N-methyl/N-ethyl adjacent to an activating group) is 1. The van der Waals surface area contributed by atoms with Crippen LogP contribution in [0.3, 0.4) is 0 Å². The molecule has 29 heavy (non-hydrogen) atoms. The minimum Gasteiger partial charge on any atom is -0.326 e. The Bertz CT molecular complexity index is 992. The van der Waals surface area contributed by atoms with Crippen LogP contribution in [0.1, 0.15) is 15.9 Å². The first-order valence-corrected chi connectivity index (χ1v) is 9.33. The maximum absolute atomic E-state index is 13.8. The van der Waals surface area contributed by atoms with Gasteiger partial charge in [-0.3, -0.25) is 9.59 Å². The Morgan fingerprint density at radius 2 is 1.52 bits per heavy atom. The SMILES string of the molecule is C[NH+](CC(=O)Nc1ccccc1C(=O)Nc1ccccc1)Cc1ccccc1F. The van der Waals surface area contributed by atoms with Crippen LogP contribution >= 0.6 is 0 Å². The summed E-state index contributed by atoms with van der Waals surface area (Å²) in [4.78, 5) is 25.9. The van der Waals surface area contributed by atoms with Crippen LogP contribution in [0.2, 0.25) is 0 Å². The van der Waals surface area contributed by atoms with Crippen molar-refractivity contribution in [3.05, 3.63) is 95.8 Å². The van der Waals surface area contributed by atoms with Gasteiger partial charge < -0.3 is 15.5 Å². The predicted octanol–water partition coefficient (Wildman–Crippen LogP) is 2.73. The number of carbonyl (C=O) groups is 2. The lowest BCUT2D eigenvalue weighted by atomic mass is 10.1. The quantitative estimate of drug-likeness (QED) is 0.579. The number of hydrogen-bond donors (Lipinski definition) is 3. The summed E-state index contributed by atoms with van der Waals surface area (Å²) < 4.78 is 13.8. The average Bonchev–Trinajstić information content (AvgIpc) is 2.70. The third kappa shape index (κ3) is 5.73. The van der Waals surface area contributed by atoms with Gasteiger partial charge in [0.2, 0.25) is 0 Å². The minimum absolute atomic E-state index is 0.142. The summed E-state index contributed by atoms with van der Waals surface area (Å²) in [6, 6.07) is 22.5. The van der Waals surface area contributed by atoms with Crippen molar-refractivity contribution in [1.82, 2.24) is 0 Å². The maximum Gasteiger partial charge on any atom is 0.279 e. The Morgan fingerprint density at radius 3 is 2.28 bits per heavy atom. The van der Waals surface area contributed by atoms with E-state index in [0.717, 1.165) is 4.90 Å². The third-order valence-corrected chi connectivity index (χ3v) is 4.39. The highest BCUT2D eigenvalue weighted by Crippen LogP contribution is 2.17. The zero-order valence-corrected chi connectivity index (χ0v) is 16.1. The summed E-state index contributed by atoms with van der Waals surface area (Å²) in [7, 11) is 1.82. The molecule has 0 bridgehead atoms. The first-order chi connectivity index (χ1) is 14.0. The molecule has 1 unspecified atom stereocenters. The fraction of sp³-hybridized carbons (Fsp3) is 0.130. The lowest BCUT2D eigenvalue weighted by molar-refractivity contribution is -0.885. The van der Waals surface area contributed by atoms with E-state index in [1.807, 2.05) is 25.2 Å². The molecule has 6 heteroatoms. The molecule has 3 aromatic carbocycles. The van der Waals surface area contributed by atoms with Gasteiger partial charge in [0, 0.05) is 11.3 Å². The topological polar surface area (TPSA) is 62.6 Å². The number of halogens is 1. The average molecular weight is 392 g/mol. The molecule has 0 aliphatic rings. The standard InChI is InChI=1S/C23H22FN3O2/c1-27(15-17-9-5-7-13-20(17)24)16-22(28)26-21-14-8-6-12-19(21)23(29)25-18-10-3-2-4-11-18/h2-14H,15-16H2,1H3,(H,25,29)(H,26,28)/p+1. The molecule has 0 aliphatic carbocycles. The number of benzene rings is 3. The van der Waals surface area contributed by atoms with Gasteiger partial charge in [-0.25, -0.2) is 4.39 Å². The highest BCUT2D eigenvalue weighted by atomic mass is 19.1. The smallest absolute Gasteiger partial charge is 0.279 e. The lowest BCUT2D eigenvalue weighted by Gasteiger charge is -2.15. The Balaban J connectivity index is 1.63. The van der Waals surface area contributed by atoms with Crippen molar-refractivity contribution in [2.75, 3.05) is 24.2 Å². The van der Waals surface area contributed by atoms with Crippen LogP contribution in [-0.4, -0.2) is 25.4 Å². The van der Waals surface area contributed by atoms with Crippen molar-refractivity contribution in [3.63, 3.8) is 0 Å². The normalized spacial score (nSPS) is 11.5. The molecule has 0 saturated carbocycles. The fourth-order valence-electron chi connectivity index (χ4n) is 3.01. The Morgan fingerprint density at radius 1 is 0.862 bits per heavy atom. The molecule has 0 radical (unpaired) electrons. The molecule has 3 aromatic rings. The van der Waals surface area contributed by atoms with Gasteiger partial charge in [-0.1, -0.05) is 48.5 Å². The van der Waals surface area contributed by atoms with E-state index in [1.54, 1.807) is 54.6 Å². The first-order valence-electron chi connectivity index (χ1n) is 9.33. The van der Waals surface area contributed by atoms with Gasteiger partial charge in [0.25, 0.3) is 11.8 Å². The zero-order valence-electron chi connectivity index (χ0n) is 16.1. The lowest BCUT2D eigenvalue weighted by Crippen LogP contribution is -3.08. The van der Waals surface area contributed by atoms with Crippen LogP contribution in [0.5, 0.6) is 0 Å². The summed E-state index contributed by atoms with van der Waals surface area (Å²) >= 11 is 0. The number of anilines is 2. The molecule has 3 rings (SSSR count). The van der Waals surface area contributed by atoms with Crippen molar-refractivity contribution in [1.29, 1.82) is 0 Å². The van der Waals surface area contributed by atoms with Gasteiger partial charge in [0.1, 0.15) is 12.4 Å². The van der Waals surface area contributed by atoms with E-state index in [1.165, 1.54) is 6.07 Å². The highest BCUT2D eigenvalue weighted by Gasteiger charge is 2.16. The summed E-state index contributed by atoms with van der Waals surface area (Å²) in [6.45, 7) is 0.527. The minimum atomic E-state index is -0.306. The van der Waals surface area contributed by atoms with Crippen LogP contribution in [0.4, 0.5) is 15.8 Å². The second-order valence-corrected chi connectivity index (χ2v) is 6.82. The molecule has 0 spiro atoms. The van der Waals surface area contributed by atoms with Gasteiger partial charge >= 0.3 is 0 Å². The van der Waals surface area contributed by atoms with Crippen molar-refractivity contribution in [2.45, 2.75) is 6.54 Å². The fourth-order valence-corrected chi connectivity index (χ4v) is 3.01. The van der Waals surface area contributed by atoms with Crippen LogP contribution in [-0.2, 0) is 11.3 Å². The van der Waals surface area contributed by atoms with E-state index >= 15 is 0 Å². The Hall–Kier alpha value is -3.51. The summed E-state index contributed by atoms with van der Waals surface area (Å²) in [6.07, 6.45) is 0. The predicted molar refractivity (Wildman–Crippen MR) is 111 cm³/mol. The van der Waals surface area contributed by atoms with Crippen molar-refractivity contribution >= 4 is 23.2 Å². The monoisotopic (exact) mass is 392 g/mol. The molecule has 148 valence electrons. The molecule has 1 atom stereocenters. The first kappa shape index (κ1) is 20.2. The van der Waals surface area contributed by atoms with Gasteiger partial charge in [0.15, 0.2) is 6.54 Å². The van der Waals surface area contributed by atoms with Gasteiger partial charge in [-0.05, 0) is 30.3 Å². The summed E-state index contributed by atoms with van der Waals surface area (Å²) in [5.74, 6) is -0.840. The van der Waals surface area contributed by atoms with Crippen molar-refractivity contribution in [2.24, 2.45) is 0 Å². The van der Waals surface area contributed by atoms with E-state index in [0.29, 0.717) is 29.0 Å². The number of rotatable bonds is 7. The molecular weight excluding hydrogens is 369 g/mol. The Kier molecular flexibility index (Phi) is 6.71. The summed E-state index contributed by atoms with van der Waals surface area (Å²) in [5.41, 5.74) is 2.04. The van der Waals surface area contributed by atoms with Gasteiger partial charge in [-0.15, -0.1) is 0 Å². The van der Waals surface area contributed by atoms with Crippen LogP contribution < -0.4 is 15.5 Å². The molecule has 5 nitrogen and oxygen atoms in total. The molecule has 0 aromatic heterocycles. The highest BCUT2D eigenvalue weighted by molar-refractivity contribution is 6.10. The molecule has 3 N–H and O–H groups in total. The number of para-hydroxylation sites is 2. The Labute approximate surface area is 169 Å². The largest absolute Gasteiger partial charge is 0.326 e. The molecule has 0 fully saturated rings.